The van der Waals surface area contributed by atoms with Gasteiger partial charge < -0.3 is 10.0 Å². The van der Waals surface area contributed by atoms with Gasteiger partial charge in [0.05, 0.1) is 0 Å². The smallest absolute Gasteiger partial charge is 0.423 e. The summed E-state index contributed by atoms with van der Waals surface area (Å²) in [4.78, 5) is 0. The van der Waals surface area contributed by atoms with Crippen molar-refractivity contribution in [3.8, 4) is 0 Å². The number of rotatable bonds is 4. The van der Waals surface area contributed by atoms with Crippen LogP contribution in [0.2, 0.25) is 0 Å². The van der Waals surface area contributed by atoms with Gasteiger partial charge in [-0.3, -0.25) is 0 Å². The first kappa shape index (κ1) is 12.2. The van der Waals surface area contributed by atoms with Crippen molar-refractivity contribution in [2.75, 3.05) is 0 Å². The molecule has 0 saturated carbocycles. The molecule has 0 aromatic carbocycles. The maximum Gasteiger partial charge on any atom is 0.488 e. The molecule has 0 spiro atoms. The topological polar surface area (TPSA) is 40.5 Å². The summed E-state index contributed by atoms with van der Waals surface area (Å²) in [6.45, 7) is 9.50. The number of hydrogen-bond acceptors (Lipinski definition) is 2. The zero-order chi connectivity index (χ0) is 10.4. The van der Waals surface area contributed by atoms with Crippen LogP contribution in [0.1, 0.15) is 20.8 Å². The molecule has 0 bridgehead atoms. The van der Waals surface area contributed by atoms with Gasteiger partial charge in [0.2, 0.25) is 0 Å². The minimum atomic E-state index is -1.40. The first-order valence-corrected chi connectivity index (χ1v) is 4.39. The highest BCUT2D eigenvalue weighted by molar-refractivity contribution is 6.51. The summed E-state index contributed by atoms with van der Waals surface area (Å²) in [5, 5.41) is 17.9. The standard InChI is InChI=1S/C10H17BO2/c1-5-9(8(3)4)7-10(6-2)11(12)13/h5-8,12-13H,1H2,2-4H3/b9-7+,10-6+. The third-order valence-corrected chi connectivity index (χ3v) is 1.87. The molecule has 0 aliphatic rings. The molecule has 0 heterocycles. The monoisotopic (exact) mass is 180 g/mol. The summed E-state index contributed by atoms with van der Waals surface area (Å²) in [6, 6.07) is 0. The van der Waals surface area contributed by atoms with Crippen LogP contribution in [0, 0.1) is 5.92 Å². The van der Waals surface area contributed by atoms with E-state index in [2.05, 4.69) is 6.58 Å². The Balaban J connectivity index is 4.76. The van der Waals surface area contributed by atoms with Crippen molar-refractivity contribution in [1.82, 2.24) is 0 Å². The van der Waals surface area contributed by atoms with Gasteiger partial charge >= 0.3 is 7.12 Å². The van der Waals surface area contributed by atoms with Crippen LogP contribution in [0.15, 0.2) is 35.9 Å². The Kier molecular flexibility index (Phi) is 5.43. The molecule has 0 unspecified atom stereocenters. The molecule has 0 saturated heterocycles. The Hall–Kier alpha value is -0.795. The van der Waals surface area contributed by atoms with Gasteiger partial charge in [-0.25, -0.2) is 0 Å². The van der Waals surface area contributed by atoms with Crippen LogP contribution >= 0.6 is 0 Å². The SMILES string of the molecule is C=C/C(=C\C(=C/C)B(O)O)C(C)C. The number of allylic oxidation sites excluding steroid dienone is 5. The van der Waals surface area contributed by atoms with Crippen molar-refractivity contribution in [3.63, 3.8) is 0 Å². The Morgan fingerprint density at radius 2 is 1.92 bits per heavy atom. The van der Waals surface area contributed by atoms with E-state index in [4.69, 9.17) is 10.0 Å². The van der Waals surface area contributed by atoms with Crippen molar-refractivity contribution in [2.45, 2.75) is 20.8 Å². The van der Waals surface area contributed by atoms with Gasteiger partial charge in [-0.15, -0.1) is 0 Å². The maximum absolute atomic E-state index is 8.95. The predicted octanol–water partition coefficient (Wildman–Crippen LogP) is 1.71. The summed E-state index contributed by atoms with van der Waals surface area (Å²) >= 11 is 0. The second kappa shape index (κ2) is 5.78. The van der Waals surface area contributed by atoms with Gasteiger partial charge in [0.15, 0.2) is 0 Å². The fraction of sp³-hybridized carbons (Fsp3) is 0.400. The Morgan fingerprint density at radius 3 is 2.15 bits per heavy atom. The van der Waals surface area contributed by atoms with Crippen molar-refractivity contribution in [2.24, 2.45) is 5.92 Å². The average Bonchev–Trinajstić information content (AvgIpc) is 2.05. The van der Waals surface area contributed by atoms with Crippen molar-refractivity contribution < 1.29 is 10.0 Å². The minimum Gasteiger partial charge on any atom is -0.423 e. The van der Waals surface area contributed by atoms with Crippen molar-refractivity contribution >= 4 is 7.12 Å². The summed E-state index contributed by atoms with van der Waals surface area (Å²) < 4.78 is 0. The molecular weight excluding hydrogens is 163 g/mol. The lowest BCUT2D eigenvalue weighted by Gasteiger charge is -2.07. The molecule has 0 rings (SSSR count). The normalized spacial score (nSPS) is 13.4. The molecule has 0 aliphatic carbocycles. The highest BCUT2D eigenvalue weighted by atomic mass is 16.4. The first-order chi connectivity index (χ1) is 6.02. The van der Waals surface area contributed by atoms with E-state index in [0.29, 0.717) is 11.4 Å². The molecule has 2 nitrogen and oxygen atoms in total. The highest BCUT2D eigenvalue weighted by Crippen LogP contribution is 2.13. The minimum absolute atomic E-state index is 0.339. The lowest BCUT2D eigenvalue weighted by Crippen LogP contribution is -2.14. The molecule has 2 N–H and O–H groups in total. The fourth-order valence-electron chi connectivity index (χ4n) is 0.961. The van der Waals surface area contributed by atoms with Crippen LogP contribution < -0.4 is 0 Å². The zero-order valence-corrected chi connectivity index (χ0v) is 8.49. The second-order valence-corrected chi connectivity index (χ2v) is 3.17. The van der Waals surface area contributed by atoms with E-state index < -0.39 is 7.12 Å². The summed E-state index contributed by atoms with van der Waals surface area (Å²) in [7, 11) is -1.40. The Bertz CT molecular complexity index is 227. The van der Waals surface area contributed by atoms with E-state index >= 15 is 0 Å². The van der Waals surface area contributed by atoms with E-state index in [9.17, 15) is 0 Å². The molecule has 0 amide bonds. The van der Waals surface area contributed by atoms with E-state index in [1.165, 1.54) is 0 Å². The average molecular weight is 180 g/mol. The molecule has 0 aromatic heterocycles. The van der Waals surface area contributed by atoms with Gasteiger partial charge in [-0.2, -0.15) is 0 Å². The van der Waals surface area contributed by atoms with Crippen LogP contribution in [0.5, 0.6) is 0 Å². The molecule has 3 heteroatoms. The summed E-state index contributed by atoms with van der Waals surface area (Å²) in [6.07, 6.45) is 5.16. The molecule has 72 valence electrons. The zero-order valence-electron chi connectivity index (χ0n) is 8.49. The largest absolute Gasteiger partial charge is 0.488 e. The molecule has 0 fully saturated rings. The summed E-state index contributed by atoms with van der Waals surface area (Å²) in [5.41, 5.74) is 1.50. The fourth-order valence-corrected chi connectivity index (χ4v) is 0.961. The molecule has 0 aliphatic heterocycles. The lowest BCUT2D eigenvalue weighted by atomic mass is 9.77. The Labute approximate surface area is 80.4 Å². The van der Waals surface area contributed by atoms with E-state index in [1.54, 1.807) is 25.2 Å². The molecule has 0 radical (unpaired) electrons. The molecule has 0 atom stereocenters. The quantitative estimate of drug-likeness (QED) is 0.510. The van der Waals surface area contributed by atoms with Crippen LogP contribution in [0.25, 0.3) is 0 Å². The molecular formula is C10H17BO2. The third kappa shape index (κ3) is 4.11. The van der Waals surface area contributed by atoms with E-state index in [-0.39, 0.29) is 0 Å². The van der Waals surface area contributed by atoms with Crippen molar-refractivity contribution in [1.29, 1.82) is 0 Å². The number of hydrogen-bond donors (Lipinski definition) is 2. The second-order valence-electron chi connectivity index (χ2n) is 3.17. The van der Waals surface area contributed by atoms with E-state index in [1.807, 2.05) is 13.8 Å². The first-order valence-electron chi connectivity index (χ1n) is 4.39. The Morgan fingerprint density at radius 1 is 1.38 bits per heavy atom. The van der Waals surface area contributed by atoms with Gasteiger partial charge in [0.25, 0.3) is 0 Å². The lowest BCUT2D eigenvalue weighted by molar-refractivity contribution is 0.420. The van der Waals surface area contributed by atoms with Crippen LogP contribution in [-0.4, -0.2) is 17.2 Å². The van der Waals surface area contributed by atoms with Crippen molar-refractivity contribution in [3.05, 3.63) is 35.9 Å². The predicted molar refractivity (Wildman–Crippen MR) is 57.1 cm³/mol. The third-order valence-electron chi connectivity index (χ3n) is 1.87. The molecule has 13 heavy (non-hydrogen) atoms. The maximum atomic E-state index is 8.95. The highest BCUT2D eigenvalue weighted by Gasteiger charge is 2.12. The van der Waals surface area contributed by atoms with Crippen LogP contribution in [0.3, 0.4) is 0 Å². The van der Waals surface area contributed by atoms with E-state index in [0.717, 1.165) is 5.57 Å². The molecule has 0 aromatic rings. The summed E-state index contributed by atoms with van der Waals surface area (Å²) in [5.74, 6) is 0.339. The van der Waals surface area contributed by atoms with Gasteiger partial charge in [0, 0.05) is 0 Å². The van der Waals surface area contributed by atoms with Gasteiger partial charge in [-0.05, 0) is 23.9 Å². The van der Waals surface area contributed by atoms with Crippen LogP contribution in [0.4, 0.5) is 0 Å². The van der Waals surface area contributed by atoms with Gasteiger partial charge in [0.1, 0.15) is 0 Å². The van der Waals surface area contributed by atoms with Crippen LogP contribution in [-0.2, 0) is 0 Å². The van der Waals surface area contributed by atoms with Gasteiger partial charge in [-0.1, -0.05) is 38.7 Å².